The van der Waals surface area contributed by atoms with Crippen molar-refractivity contribution in [3.63, 3.8) is 0 Å². The van der Waals surface area contributed by atoms with E-state index in [1.807, 2.05) is 49.4 Å². The topological polar surface area (TPSA) is 57.0 Å². The summed E-state index contributed by atoms with van der Waals surface area (Å²) in [7, 11) is 0. The van der Waals surface area contributed by atoms with Crippen molar-refractivity contribution in [3.8, 4) is 11.6 Å². The van der Waals surface area contributed by atoms with Crippen LogP contribution in [0.3, 0.4) is 0 Å². The van der Waals surface area contributed by atoms with Crippen molar-refractivity contribution in [1.29, 1.82) is 0 Å². The van der Waals surface area contributed by atoms with E-state index in [2.05, 4.69) is 4.98 Å². The Balaban J connectivity index is 1.63. The first-order valence-corrected chi connectivity index (χ1v) is 10.4. The second-order valence-electron chi connectivity index (χ2n) is 6.40. The van der Waals surface area contributed by atoms with Gasteiger partial charge in [-0.1, -0.05) is 41.6 Å². The van der Waals surface area contributed by atoms with E-state index < -0.39 is 0 Å². The van der Waals surface area contributed by atoms with Crippen molar-refractivity contribution < 1.29 is 4.74 Å². The predicted octanol–water partition coefficient (Wildman–Crippen LogP) is 4.91. The van der Waals surface area contributed by atoms with Crippen LogP contribution in [0.4, 0.5) is 0 Å². The molecular weight excluding hydrogens is 406 g/mol. The van der Waals surface area contributed by atoms with Crippen molar-refractivity contribution in [1.82, 2.24) is 14.5 Å². The normalized spacial score (nSPS) is 11.0. The molecule has 0 bridgehead atoms. The number of halogens is 1. The lowest BCUT2D eigenvalue weighted by atomic mass is 10.2. The summed E-state index contributed by atoms with van der Waals surface area (Å²) < 4.78 is 7.32. The van der Waals surface area contributed by atoms with Crippen LogP contribution in [-0.4, -0.2) is 26.9 Å². The molecular formula is C22H18ClN3O2S. The van der Waals surface area contributed by atoms with Crippen LogP contribution < -0.4 is 10.3 Å². The highest BCUT2D eigenvalue weighted by Gasteiger charge is 2.14. The maximum absolute atomic E-state index is 13.2. The summed E-state index contributed by atoms with van der Waals surface area (Å²) in [5.74, 6) is 1.89. The second-order valence-corrected chi connectivity index (χ2v) is 7.90. The van der Waals surface area contributed by atoms with Crippen LogP contribution >= 0.6 is 23.4 Å². The molecule has 0 N–H and O–H groups in total. The van der Waals surface area contributed by atoms with Crippen molar-refractivity contribution in [2.24, 2.45) is 0 Å². The minimum Gasteiger partial charge on any atom is -0.493 e. The molecule has 0 amide bonds. The fourth-order valence-corrected chi connectivity index (χ4v) is 3.90. The van der Waals surface area contributed by atoms with Crippen LogP contribution in [0.5, 0.6) is 5.75 Å². The third-order valence-electron chi connectivity index (χ3n) is 4.25. The average Bonchev–Trinajstić information content (AvgIpc) is 2.71. The first kappa shape index (κ1) is 19.5. The van der Waals surface area contributed by atoms with Crippen LogP contribution in [0.1, 0.15) is 5.56 Å². The van der Waals surface area contributed by atoms with Gasteiger partial charge in [0.1, 0.15) is 11.6 Å². The fourth-order valence-electron chi connectivity index (χ4n) is 2.90. The van der Waals surface area contributed by atoms with Gasteiger partial charge in [-0.2, -0.15) is 0 Å². The van der Waals surface area contributed by atoms with E-state index in [9.17, 15) is 4.79 Å². The summed E-state index contributed by atoms with van der Waals surface area (Å²) in [4.78, 5) is 22.3. The van der Waals surface area contributed by atoms with Crippen LogP contribution in [0, 0.1) is 6.92 Å². The van der Waals surface area contributed by atoms with Gasteiger partial charge >= 0.3 is 0 Å². The molecule has 0 saturated carbocycles. The van der Waals surface area contributed by atoms with Crippen molar-refractivity contribution in [2.75, 3.05) is 12.4 Å². The summed E-state index contributed by atoms with van der Waals surface area (Å²) >= 11 is 7.44. The van der Waals surface area contributed by atoms with Crippen LogP contribution in [0.25, 0.3) is 16.7 Å². The summed E-state index contributed by atoms with van der Waals surface area (Å²) in [6.07, 6.45) is 1.70. The number of benzene rings is 2. The number of aryl methyl sites for hydroxylation is 1. The lowest BCUT2D eigenvalue weighted by Gasteiger charge is -2.13. The smallest absolute Gasteiger partial charge is 0.267 e. The molecule has 0 spiro atoms. The van der Waals surface area contributed by atoms with Gasteiger partial charge in [0.05, 0.1) is 17.5 Å². The molecule has 5 nitrogen and oxygen atoms in total. The zero-order valence-electron chi connectivity index (χ0n) is 15.7. The number of para-hydroxylation sites is 1. The van der Waals surface area contributed by atoms with Crippen LogP contribution in [-0.2, 0) is 0 Å². The predicted molar refractivity (Wildman–Crippen MR) is 118 cm³/mol. The lowest BCUT2D eigenvalue weighted by Crippen LogP contribution is -2.23. The highest BCUT2D eigenvalue weighted by Crippen LogP contribution is 2.22. The number of fused-ring (bicyclic) bond motifs is 1. The Morgan fingerprint density at radius 1 is 1.10 bits per heavy atom. The van der Waals surface area contributed by atoms with E-state index in [0.717, 1.165) is 5.56 Å². The molecule has 0 aliphatic carbocycles. The molecule has 4 aromatic rings. The molecule has 0 aliphatic rings. The van der Waals surface area contributed by atoms with Crippen molar-refractivity contribution >= 4 is 34.3 Å². The highest BCUT2D eigenvalue weighted by molar-refractivity contribution is 7.99. The lowest BCUT2D eigenvalue weighted by molar-refractivity contribution is 0.344. The quantitative estimate of drug-likeness (QED) is 0.250. The largest absolute Gasteiger partial charge is 0.493 e. The zero-order chi connectivity index (χ0) is 20.2. The number of hydrogen-bond donors (Lipinski definition) is 0. The monoisotopic (exact) mass is 423 g/mol. The summed E-state index contributed by atoms with van der Waals surface area (Å²) in [6.45, 7) is 2.42. The SMILES string of the molecule is Cc1ccnc(-n2c(SCCOc3cccc(Cl)c3)nc3ccccc3c2=O)c1. The Morgan fingerprint density at radius 2 is 1.97 bits per heavy atom. The zero-order valence-corrected chi connectivity index (χ0v) is 17.3. The van der Waals surface area contributed by atoms with Gasteiger partial charge in [-0.05, 0) is 55.0 Å². The Bertz CT molecular complexity index is 1230. The van der Waals surface area contributed by atoms with E-state index in [1.165, 1.54) is 11.8 Å². The molecule has 7 heteroatoms. The van der Waals surface area contributed by atoms with Gasteiger partial charge < -0.3 is 4.74 Å². The summed E-state index contributed by atoms with van der Waals surface area (Å²) in [5.41, 5.74) is 1.56. The van der Waals surface area contributed by atoms with Gasteiger partial charge in [-0.15, -0.1) is 0 Å². The molecule has 0 radical (unpaired) electrons. The van der Waals surface area contributed by atoms with E-state index in [0.29, 0.717) is 45.0 Å². The average molecular weight is 424 g/mol. The number of ether oxygens (including phenoxy) is 1. The van der Waals surface area contributed by atoms with Gasteiger partial charge in [0.25, 0.3) is 5.56 Å². The Kier molecular flexibility index (Phi) is 5.83. The first-order valence-electron chi connectivity index (χ1n) is 9.08. The van der Waals surface area contributed by atoms with Gasteiger partial charge in [-0.25, -0.2) is 14.5 Å². The standard InChI is InChI=1S/C22H18ClN3O2S/c1-15-9-10-24-20(13-15)26-21(27)18-7-2-3-8-19(18)25-22(26)29-12-11-28-17-6-4-5-16(23)14-17/h2-10,13-14H,11-12H2,1H3. The molecule has 146 valence electrons. The molecule has 0 saturated heterocycles. The summed E-state index contributed by atoms with van der Waals surface area (Å²) in [5, 5.41) is 1.78. The van der Waals surface area contributed by atoms with Crippen molar-refractivity contribution in [3.05, 3.63) is 87.8 Å². The molecule has 2 heterocycles. The highest BCUT2D eigenvalue weighted by atomic mass is 35.5. The Morgan fingerprint density at radius 3 is 2.79 bits per heavy atom. The maximum atomic E-state index is 13.2. The van der Waals surface area contributed by atoms with Crippen LogP contribution in [0.2, 0.25) is 5.02 Å². The number of aromatic nitrogens is 3. The first-order chi connectivity index (χ1) is 14.1. The molecule has 0 fully saturated rings. The van der Waals surface area contributed by atoms with E-state index in [4.69, 9.17) is 21.3 Å². The number of pyridine rings is 1. The molecule has 2 aromatic carbocycles. The third-order valence-corrected chi connectivity index (χ3v) is 5.39. The van der Waals surface area contributed by atoms with E-state index >= 15 is 0 Å². The molecule has 0 atom stereocenters. The van der Waals surface area contributed by atoms with E-state index in [-0.39, 0.29) is 5.56 Å². The fraction of sp³-hybridized carbons (Fsp3) is 0.136. The van der Waals surface area contributed by atoms with Crippen LogP contribution in [0.15, 0.2) is 76.8 Å². The Hall–Kier alpha value is -2.83. The Labute approximate surface area is 177 Å². The minimum atomic E-state index is -0.132. The molecule has 4 rings (SSSR count). The number of thioether (sulfide) groups is 1. The van der Waals surface area contributed by atoms with Gasteiger partial charge in [-0.3, -0.25) is 4.79 Å². The van der Waals surface area contributed by atoms with Crippen molar-refractivity contribution in [2.45, 2.75) is 12.1 Å². The third kappa shape index (κ3) is 4.44. The van der Waals surface area contributed by atoms with Gasteiger partial charge in [0, 0.05) is 17.0 Å². The molecule has 0 aliphatic heterocycles. The molecule has 0 unspecified atom stereocenters. The van der Waals surface area contributed by atoms with Gasteiger partial charge in [0.2, 0.25) is 0 Å². The number of rotatable bonds is 6. The second kappa shape index (κ2) is 8.68. The minimum absolute atomic E-state index is 0.132. The molecule has 2 aromatic heterocycles. The molecule has 29 heavy (non-hydrogen) atoms. The number of hydrogen-bond acceptors (Lipinski definition) is 5. The van der Waals surface area contributed by atoms with Gasteiger partial charge in [0.15, 0.2) is 5.16 Å². The van der Waals surface area contributed by atoms with E-state index in [1.54, 1.807) is 29.0 Å². The number of nitrogens with zero attached hydrogens (tertiary/aromatic N) is 3. The summed E-state index contributed by atoms with van der Waals surface area (Å²) in [6, 6.07) is 18.4. The maximum Gasteiger partial charge on any atom is 0.267 e.